The van der Waals surface area contributed by atoms with Crippen LogP contribution < -0.4 is 0 Å². The molecule has 0 heterocycles. The fourth-order valence-electron chi connectivity index (χ4n) is 1.02. The summed E-state index contributed by atoms with van der Waals surface area (Å²) >= 11 is 0. The van der Waals surface area contributed by atoms with Gasteiger partial charge in [0.25, 0.3) is 0 Å². The van der Waals surface area contributed by atoms with Gasteiger partial charge in [-0.3, -0.25) is 0 Å². The second-order valence-electron chi connectivity index (χ2n) is 2.58. The highest BCUT2D eigenvalue weighted by Crippen LogP contribution is 2.06. The summed E-state index contributed by atoms with van der Waals surface area (Å²) in [6, 6.07) is 10.0. The van der Waals surface area contributed by atoms with Gasteiger partial charge in [-0.25, -0.2) is 0 Å². The van der Waals surface area contributed by atoms with E-state index >= 15 is 0 Å². The second kappa shape index (κ2) is 7.96. The van der Waals surface area contributed by atoms with E-state index in [0.29, 0.717) is 0 Å². The maximum absolute atomic E-state index is 5.24. The third-order valence-electron chi connectivity index (χ3n) is 1.69. The maximum atomic E-state index is 5.24. The lowest BCUT2D eigenvalue weighted by Crippen LogP contribution is -1.97. The SMILES string of the molecule is C#CC(C#C)Cc1ccccc1.CC. The molecule has 72 valence electrons. The van der Waals surface area contributed by atoms with Gasteiger partial charge in [0.05, 0.1) is 5.92 Å². The van der Waals surface area contributed by atoms with Crippen LogP contribution in [-0.4, -0.2) is 0 Å². The maximum Gasteiger partial charge on any atom is 0.0846 e. The Balaban J connectivity index is 0.000000791. The van der Waals surface area contributed by atoms with Crippen molar-refractivity contribution in [1.82, 2.24) is 0 Å². The fraction of sp³-hybridized carbons (Fsp3) is 0.286. The first kappa shape index (κ1) is 12.3. The normalized spacial score (nSPS) is 8.07. The summed E-state index contributed by atoms with van der Waals surface area (Å²) in [5.41, 5.74) is 1.19. The molecule has 0 atom stereocenters. The molecule has 1 aromatic carbocycles. The summed E-state index contributed by atoms with van der Waals surface area (Å²) in [5, 5.41) is 0. The van der Waals surface area contributed by atoms with Crippen LogP contribution >= 0.6 is 0 Å². The molecule has 0 saturated heterocycles. The molecule has 1 rings (SSSR count). The van der Waals surface area contributed by atoms with E-state index < -0.39 is 0 Å². The molecule has 0 aliphatic heterocycles. The summed E-state index contributed by atoms with van der Waals surface area (Å²) in [4.78, 5) is 0. The van der Waals surface area contributed by atoms with Gasteiger partial charge < -0.3 is 0 Å². The molecule has 0 fully saturated rings. The molecule has 0 unspecified atom stereocenters. The average Bonchev–Trinajstić information content (AvgIpc) is 2.30. The second-order valence-corrected chi connectivity index (χ2v) is 2.58. The van der Waals surface area contributed by atoms with E-state index in [0.717, 1.165) is 6.42 Å². The van der Waals surface area contributed by atoms with E-state index in [9.17, 15) is 0 Å². The van der Waals surface area contributed by atoms with Crippen LogP contribution in [0, 0.1) is 30.6 Å². The Hall–Kier alpha value is -1.66. The van der Waals surface area contributed by atoms with E-state index in [1.54, 1.807) is 0 Å². The summed E-state index contributed by atoms with van der Waals surface area (Å²) in [7, 11) is 0. The molecule has 0 radical (unpaired) electrons. The molecule has 14 heavy (non-hydrogen) atoms. The molecule has 0 aromatic heterocycles. The zero-order chi connectivity index (χ0) is 10.8. The van der Waals surface area contributed by atoms with Crippen molar-refractivity contribution in [1.29, 1.82) is 0 Å². The lowest BCUT2D eigenvalue weighted by Gasteiger charge is -2.01. The zero-order valence-corrected chi connectivity index (χ0v) is 8.83. The van der Waals surface area contributed by atoms with E-state index in [1.165, 1.54) is 5.56 Å². The van der Waals surface area contributed by atoms with Crippen LogP contribution in [-0.2, 0) is 6.42 Å². The van der Waals surface area contributed by atoms with Gasteiger partial charge in [-0.05, 0) is 12.0 Å². The zero-order valence-electron chi connectivity index (χ0n) is 8.83. The number of rotatable bonds is 2. The standard InChI is InChI=1S/C12H10.C2H6/c1-3-11(4-2)10-12-8-6-5-7-9-12;1-2/h1-2,5-9,11H,10H2;1-2H3. The molecular weight excluding hydrogens is 168 g/mol. The Bertz CT molecular complexity index is 294. The molecule has 0 nitrogen and oxygen atoms in total. The van der Waals surface area contributed by atoms with Crippen molar-refractivity contribution < 1.29 is 0 Å². The van der Waals surface area contributed by atoms with E-state index in [1.807, 2.05) is 44.2 Å². The number of hydrogen-bond donors (Lipinski definition) is 0. The first-order chi connectivity index (χ1) is 6.86. The molecule has 0 aliphatic carbocycles. The predicted octanol–water partition coefficient (Wildman–Crippen LogP) is 3.14. The quantitative estimate of drug-likeness (QED) is 0.619. The van der Waals surface area contributed by atoms with Gasteiger partial charge in [-0.15, -0.1) is 12.8 Å². The lowest BCUT2D eigenvalue weighted by molar-refractivity contribution is 0.864. The smallest absolute Gasteiger partial charge is 0.0846 e. The molecule has 0 spiro atoms. The largest absolute Gasteiger partial charge is 0.119 e. The van der Waals surface area contributed by atoms with Crippen molar-refractivity contribution in [2.45, 2.75) is 20.3 Å². The highest BCUT2D eigenvalue weighted by molar-refractivity contribution is 5.21. The molecule has 0 N–H and O–H groups in total. The minimum absolute atomic E-state index is 0.0765. The lowest BCUT2D eigenvalue weighted by atomic mass is 10.0. The molecule has 0 saturated carbocycles. The first-order valence-corrected chi connectivity index (χ1v) is 4.83. The molecule has 0 bridgehead atoms. The topological polar surface area (TPSA) is 0 Å². The van der Waals surface area contributed by atoms with Gasteiger partial charge in [0.15, 0.2) is 0 Å². The number of benzene rings is 1. The van der Waals surface area contributed by atoms with E-state index in [2.05, 4.69) is 11.8 Å². The molecule has 0 heteroatoms. The minimum atomic E-state index is -0.0765. The number of hydrogen-bond acceptors (Lipinski definition) is 0. The Kier molecular flexibility index (Phi) is 7.02. The van der Waals surface area contributed by atoms with Crippen molar-refractivity contribution in [3.8, 4) is 24.7 Å². The minimum Gasteiger partial charge on any atom is -0.119 e. The predicted molar refractivity (Wildman–Crippen MR) is 62.7 cm³/mol. The van der Waals surface area contributed by atoms with Crippen molar-refractivity contribution in [3.63, 3.8) is 0 Å². The van der Waals surface area contributed by atoms with Crippen LogP contribution in [0.5, 0.6) is 0 Å². The molecule has 0 aliphatic rings. The average molecular weight is 184 g/mol. The monoisotopic (exact) mass is 184 g/mol. The summed E-state index contributed by atoms with van der Waals surface area (Å²) in [5.74, 6) is 5.05. The van der Waals surface area contributed by atoms with Crippen LogP contribution in [0.4, 0.5) is 0 Å². The molecule has 0 amide bonds. The van der Waals surface area contributed by atoms with Gasteiger partial charge in [0.2, 0.25) is 0 Å². The molecule has 1 aromatic rings. The van der Waals surface area contributed by atoms with Gasteiger partial charge in [0, 0.05) is 0 Å². The van der Waals surface area contributed by atoms with Crippen LogP contribution in [0.15, 0.2) is 30.3 Å². The van der Waals surface area contributed by atoms with Gasteiger partial charge in [-0.2, -0.15) is 0 Å². The Morgan fingerprint density at radius 1 is 1.07 bits per heavy atom. The Labute approximate surface area is 87.4 Å². The van der Waals surface area contributed by atoms with Crippen molar-refractivity contribution in [2.24, 2.45) is 5.92 Å². The van der Waals surface area contributed by atoms with Crippen LogP contribution in [0.25, 0.3) is 0 Å². The van der Waals surface area contributed by atoms with Gasteiger partial charge >= 0.3 is 0 Å². The highest BCUT2D eigenvalue weighted by atomic mass is 14.0. The Morgan fingerprint density at radius 2 is 1.57 bits per heavy atom. The summed E-state index contributed by atoms with van der Waals surface area (Å²) < 4.78 is 0. The third-order valence-corrected chi connectivity index (χ3v) is 1.69. The number of terminal acetylenes is 2. The van der Waals surface area contributed by atoms with Crippen molar-refractivity contribution >= 4 is 0 Å². The van der Waals surface area contributed by atoms with Gasteiger partial charge in [0.1, 0.15) is 0 Å². The first-order valence-electron chi connectivity index (χ1n) is 4.83. The third kappa shape index (κ3) is 4.39. The van der Waals surface area contributed by atoms with Crippen LogP contribution in [0.3, 0.4) is 0 Å². The van der Waals surface area contributed by atoms with E-state index in [-0.39, 0.29) is 5.92 Å². The highest BCUT2D eigenvalue weighted by Gasteiger charge is 2.00. The van der Waals surface area contributed by atoms with Crippen molar-refractivity contribution in [2.75, 3.05) is 0 Å². The Morgan fingerprint density at radius 3 is 2.00 bits per heavy atom. The van der Waals surface area contributed by atoms with Gasteiger partial charge in [-0.1, -0.05) is 56.0 Å². The van der Waals surface area contributed by atoms with Crippen LogP contribution in [0.2, 0.25) is 0 Å². The molecular formula is C14H16. The summed E-state index contributed by atoms with van der Waals surface area (Å²) in [6.07, 6.45) is 11.2. The van der Waals surface area contributed by atoms with E-state index in [4.69, 9.17) is 12.8 Å². The van der Waals surface area contributed by atoms with Crippen molar-refractivity contribution in [3.05, 3.63) is 35.9 Å². The fourth-order valence-corrected chi connectivity index (χ4v) is 1.02. The summed E-state index contributed by atoms with van der Waals surface area (Å²) in [6.45, 7) is 4.00. The van der Waals surface area contributed by atoms with Crippen LogP contribution in [0.1, 0.15) is 19.4 Å².